The highest BCUT2D eigenvalue weighted by Gasteiger charge is 2.25. The molecule has 2 aliphatic rings. The van der Waals surface area contributed by atoms with Crippen molar-refractivity contribution in [2.75, 3.05) is 51.7 Å². The zero-order valence-electron chi connectivity index (χ0n) is 17.9. The fourth-order valence-corrected chi connectivity index (χ4v) is 4.52. The Morgan fingerprint density at radius 2 is 2.20 bits per heavy atom. The molecule has 3 heterocycles. The third-order valence-corrected chi connectivity index (χ3v) is 6.55. The van der Waals surface area contributed by atoms with E-state index >= 15 is 0 Å². The van der Waals surface area contributed by atoms with Gasteiger partial charge in [-0.15, -0.1) is 0 Å². The highest BCUT2D eigenvalue weighted by atomic mass is 32.2. The summed E-state index contributed by atoms with van der Waals surface area (Å²) in [6, 6.07) is 0. The molecular weight excluding hydrogens is 408 g/mol. The van der Waals surface area contributed by atoms with E-state index in [1.807, 2.05) is 26.4 Å². The highest BCUT2D eigenvalue weighted by Crippen LogP contribution is 2.21. The lowest BCUT2D eigenvalue weighted by molar-refractivity contribution is -0.00802. The van der Waals surface area contributed by atoms with Crippen LogP contribution in [0.4, 0.5) is 0 Å². The first-order valence-corrected chi connectivity index (χ1v) is 12.3. The molecule has 0 bridgehead atoms. The van der Waals surface area contributed by atoms with Gasteiger partial charge >= 0.3 is 0 Å². The van der Waals surface area contributed by atoms with Crippen LogP contribution in [-0.4, -0.2) is 86.9 Å². The first-order valence-electron chi connectivity index (χ1n) is 10.7. The van der Waals surface area contributed by atoms with Crippen LogP contribution in [0.25, 0.3) is 0 Å². The number of hydrogen-bond acceptors (Lipinski definition) is 6. The van der Waals surface area contributed by atoms with E-state index in [1.165, 1.54) is 0 Å². The number of sulfonamides is 1. The first-order chi connectivity index (χ1) is 14.5. The Kier molecular flexibility index (Phi) is 8.49. The number of nitrogens with one attached hydrogen (secondary N) is 2. The van der Waals surface area contributed by atoms with E-state index in [4.69, 9.17) is 9.47 Å². The minimum absolute atomic E-state index is 0.0212. The number of aromatic nitrogens is 2. The lowest BCUT2D eigenvalue weighted by Crippen LogP contribution is -2.48. The molecule has 11 heteroatoms. The number of morpholine rings is 1. The molecule has 170 valence electrons. The molecule has 2 unspecified atom stereocenters. The van der Waals surface area contributed by atoms with Gasteiger partial charge in [0.15, 0.2) is 5.96 Å². The number of nitrogens with zero attached hydrogens (tertiary/aromatic N) is 4. The molecule has 2 saturated heterocycles. The topological polar surface area (TPSA) is 110 Å². The third-order valence-electron chi connectivity index (χ3n) is 5.22. The summed E-state index contributed by atoms with van der Waals surface area (Å²) in [4.78, 5) is 6.67. The zero-order chi connectivity index (χ0) is 21.4. The summed E-state index contributed by atoms with van der Waals surface area (Å²) in [5.41, 5.74) is 1.02. The fourth-order valence-electron chi connectivity index (χ4n) is 3.61. The van der Waals surface area contributed by atoms with Gasteiger partial charge in [0.2, 0.25) is 10.0 Å². The van der Waals surface area contributed by atoms with Crippen molar-refractivity contribution in [2.24, 2.45) is 12.0 Å². The lowest BCUT2D eigenvalue weighted by atomic mass is 10.1. The number of guanidine groups is 1. The second-order valence-corrected chi connectivity index (χ2v) is 9.57. The Labute approximate surface area is 179 Å². The molecule has 0 aromatic carbocycles. The van der Waals surface area contributed by atoms with E-state index in [2.05, 4.69) is 25.0 Å². The Balaban J connectivity index is 1.52. The van der Waals surface area contributed by atoms with Gasteiger partial charge in [0, 0.05) is 45.0 Å². The van der Waals surface area contributed by atoms with Gasteiger partial charge in [-0.2, -0.15) is 5.10 Å². The average molecular weight is 443 g/mol. The van der Waals surface area contributed by atoms with Gasteiger partial charge in [-0.05, 0) is 26.2 Å². The number of rotatable bonds is 8. The van der Waals surface area contributed by atoms with Gasteiger partial charge in [-0.25, -0.2) is 13.1 Å². The van der Waals surface area contributed by atoms with Crippen molar-refractivity contribution >= 4 is 16.0 Å². The SMILES string of the molecule is CCNC(=NCCS(=O)(=O)NCC1CCCCO1)N1CCOC(c2cnn(C)c2)C1. The smallest absolute Gasteiger partial charge is 0.213 e. The van der Waals surface area contributed by atoms with Gasteiger partial charge < -0.3 is 19.7 Å². The second-order valence-electron chi connectivity index (χ2n) is 7.64. The van der Waals surface area contributed by atoms with Crippen LogP contribution in [0.5, 0.6) is 0 Å². The molecule has 2 fully saturated rings. The van der Waals surface area contributed by atoms with Crippen LogP contribution < -0.4 is 10.0 Å². The van der Waals surface area contributed by atoms with E-state index in [0.29, 0.717) is 45.4 Å². The normalized spacial score (nSPS) is 23.5. The minimum atomic E-state index is -3.39. The van der Waals surface area contributed by atoms with Crippen molar-refractivity contribution in [1.29, 1.82) is 0 Å². The third kappa shape index (κ3) is 6.93. The van der Waals surface area contributed by atoms with Crippen LogP contribution in [0, 0.1) is 0 Å². The summed E-state index contributed by atoms with van der Waals surface area (Å²) >= 11 is 0. The number of ether oxygens (including phenoxy) is 2. The summed E-state index contributed by atoms with van der Waals surface area (Å²) in [7, 11) is -1.51. The van der Waals surface area contributed by atoms with Crippen LogP contribution in [0.15, 0.2) is 17.4 Å². The van der Waals surface area contributed by atoms with E-state index in [0.717, 1.165) is 24.8 Å². The Morgan fingerprint density at radius 1 is 1.33 bits per heavy atom. The van der Waals surface area contributed by atoms with Crippen LogP contribution in [0.2, 0.25) is 0 Å². The zero-order valence-corrected chi connectivity index (χ0v) is 18.7. The first kappa shape index (κ1) is 23.0. The number of aliphatic imine (C=N–C) groups is 1. The Morgan fingerprint density at radius 3 is 2.90 bits per heavy atom. The van der Waals surface area contributed by atoms with Crippen molar-refractivity contribution in [3.05, 3.63) is 18.0 Å². The highest BCUT2D eigenvalue weighted by molar-refractivity contribution is 7.89. The molecule has 1 aromatic heterocycles. The largest absolute Gasteiger partial charge is 0.377 e. The van der Waals surface area contributed by atoms with Crippen LogP contribution in [0.1, 0.15) is 37.9 Å². The van der Waals surface area contributed by atoms with Crippen molar-refractivity contribution in [1.82, 2.24) is 24.7 Å². The van der Waals surface area contributed by atoms with Gasteiger partial charge in [0.25, 0.3) is 0 Å². The molecule has 1 aromatic rings. The summed E-state index contributed by atoms with van der Waals surface area (Å²) in [6.07, 6.45) is 6.69. The van der Waals surface area contributed by atoms with E-state index in [-0.39, 0.29) is 24.5 Å². The molecule has 2 atom stereocenters. The molecule has 3 rings (SSSR count). The van der Waals surface area contributed by atoms with Crippen LogP contribution in [0.3, 0.4) is 0 Å². The molecule has 2 aliphatic heterocycles. The molecule has 0 aliphatic carbocycles. The molecule has 0 radical (unpaired) electrons. The van der Waals surface area contributed by atoms with Gasteiger partial charge in [-0.3, -0.25) is 9.67 Å². The summed E-state index contributed by atoms with van der Waals surface area (Å²) in [5, 5.41) is 7.48. The lowest BCUT2D eigenvalue weighted by Gasteiger charge is -2.34. The predicted octanol–water partition coefficient (Wildman–Crippen LogP) is 0.247. The molecule has 30 heavy (non-hydrogen) atoms. The molecule has 0 amide bonds. The summed E-state index contributed by atoms with van der Waals surface area (Å²) < 4.78 is 40.5. The Bertz CT molecular complexity index is 791. The quantitative estimate of drug-likeness (QED) is 0.439. The van der Waals surface area contributed by atoms with Crippen molar-refractivity contribution in [2.45, 2.75) is 38.4 Å². The molecular formula is C19H34N6O4S. The predicted molar refractivity (Wildman–Crippen MR) is 115 cm³/mol. The maximum absolute atomic E-state index is 12.3. The standard InChI is InChI=1S/C19H34N6O4S/c1-3-20-19(25-8-10-29-18(15-25)16-12-22-24(2)14-16)21-7-11-30(26,27)23-13-17-6-4-5-9-28-17/h12,14,17-18,23H,3-11,13,15H2,1-2H3,(H,20,21). The van der Waals surface area contributed by atoms with Gasteiger partial charge in [0.05, 0.1) is 37.8 Å². The van der Waals surface area contributed by atoms with Crippen molar-refractivity contribution in [3.8, 4) is 0 Å². The van der Waals surface area contributed by atoms with Gasteiger partial charge in [-0.1, -0.05) is 0 Å². The summed E-state index contributed by atoms with van der Waals surface area (Å²) in [6.45, 7) is 5.86. The monoisotopic (exact) mass is 442 g/mol. The average Bonchev–Trinajstić information content (AvgIpc) is 3.19. The van der Waals surface area contributed by atoms with E-state index in [1.54, 1.807) is 4.68 Å². The van der Waals surface area contributed by atoms with Gasteiger partial charge in [0.1, 0.15) is 6.10 Å². The second kappa shape index (κ2) is 11.1. The maximum atomic E-state index is 12.3. The van der Waals surface area contributed by atoms with E-state index < -0.39 is 10.0 Å². The molecule has 10 nitrogen and oxygen atoms in total. The van der Waals surface area contributed by atoms with E-state index in [9.17, 15) is 8.42 Å². The molecule has 2 N–H and O–H groups in total. The maximum Gasteiger partial charge on any atom is 0.213 e. The fraction of sp³-hybridized carbons (Fsp3) is 0.789. The van der Waals surface area contributed by atoms with Crippen molar-refractivity contribution < 1.29 is 17.9 Å². The molecule has 0 spiro atoms. The van der Waals surface area contributed by atoms with Crippen LogP contribution >= 0.6 is 0 Å². The summed E-state index contributed by atoms with van der Waals surface area (Å²) in [5.74, 6) is 0.658. The van der Waals surface area contributed by atoms with Crippen molar-refractivity contribution in [3.63, 3.8) is 0 Å². The number of aryl methyl sites for hydroxylation is 1. The molecule has 0 saturated carbocycles. The van der Waals surface area contributed by atoms with Crippen LogP contribution in [-0.2, 0) is 26.5 Å². The number of hydrogen-bond donors (Lipinski definition) is 2. The minimum Gasteiger partial charge on any atom is -0.377 e. The Hall–Kier alpha value is -1.69.